The summed E-state index contributed by atoms with van der Waals surface area (Å²) in [6.07, 6.45) is 3.54. The molecule has 1 atom stereocenters. The van der Waals surface area contributed by atoms with Gasteiger partial charge in [-0.3, -0.25) is 4.79 Å². The molecule has 0 radical (unpaired) electrons. The number of hydrogen-bond donors (Lipinski definition) is 1. The van der Waals surface area contributed by atoms with Crippen LogP contribution in [0, 0.1) is 0 Å². The number of esters is 1. The van der Waals surface area contributed by atoms with Crippen molar-refractivity contribution in [3.05, 3.63) is 0 Å². The van der Waals surface area contributed by atoms with E-state index in [1.54, 1.807) is 6.92 Å². The summed E-state index contributed by atoms with van der Waals surface area (Å²) in [4.78, 5) is 22.3. The Morgan fingerprint density at radius 1 is 1.43 bits per heavy atom. The molecule has 1 aliphatic rings. The molecule has 14 heavy (non-hydrogen) atoms. The molecule has 0 saturated carbocycles. The Bertz CT molecular complexity index is 209. The largest absolute Gasteiger partial charge is 0.460 e. The summed E-state index contributed by atoms with van der Waals surface area (Å²) < 4.78 is 4.63. The zero-order chi connectivity index (χ0) is 10.4. The highest BCUT2D eigenvalue weighted by atomic mass is 16.5. The molecule has 0 amide bonds. The second-order valence-electron chi connectivity index (χ2n) is 3.49. The second-order valence-corrected chi connectivity index (χ2v) is 3.49. The molecule has 0 bridgehead atoms. The van der Waals surface area contributed by atoms with E-state index in [4.69, 9.17) is 0 Å². The maximum Gasteiger partial charge on any atom is 0.374 e. The van der Waals surface area contributed by atoms with Gasteiger partial charge in [-0.15, -0.1) is 0 Å². The monoisotopic (exact) mass is 199 g/mol. The molecule has 1 heterocycles. The van der Waals surface area contributed by atoms with Gasteiger partial charge >= 0.3 is 5.97 Å². The van der Waals surface area contributed by atoms with Gasteiger partial charge in [0.15, 0.2) is 0 Å². The lowest BCUT2D eigenvalue weighted by Crippen LogP contribution is -2.37. The third-order valence-corrected chi connectivity index (χ3v) is 2.35. The molecule has 0 aromatic carbocycles. The number of carbonyl (C=O) groups is 2. The van der Waals surface area contributed by atoms with Crippen molar-refractivity contribution in [3.63, 3.8) is 0 Å². The summed E-state index contributed by atoms with van der Waals surface area (Å²) in [6.45, 7) is 2.91. The predicted octanol–water partition coefficient (Wildman–Crippen LogP) is 0.651. The fourth-order valence-corrected chi connectivity index (χ4v) is 1.62. The van der Waals surface area contributed by atoms with Crippen molar-refractivity contribution < 1.29 is 14.3 Å². The lowest BCUT2D eigenvalue weighted by Gasteiger charge is -2.22. The summed E-state index contributed by atoms with van der Waals surface area (Å²) in [7, 11) is 0. The van der Waals surface area contributed by atoms with Gasteiger partial charge < -0.3 is 10.1 Å². The fraction of sp³-hybridized carbons (Fsp3) is 0.800. The zero-order valence-electron chi connectivity index (χ0n) is 8.54. The van der Waals surface area contributed by atoms with E-state index in [1.807, 2.05) is 0 Å². The third-order valence-electron chi connectivity index (χ3n) is 2.35. The molecule has 1 N–H and O–H groups in total. The molecule has 0 aliphatic carbocycles. The number of ketones is 1. The molecule has 1 rings (SSSR count). The van der Waals surface area contributed by atoms with Gasteiger partial charge in [-0.25, -0.2) is 4.79 Å². The van der Waals surface area contributed by atoms with Gasteiger partial charge in [0.1, 0.15) is 0 Å². The number of nitrogens with one attached hydrogen (secondary N) is 1. The first kappa shape index (κ1) is 11.2. The van der Waals surface area contributed by atoms with Crippen LogP contribution in [0.1, 0.15) is 32.6 Å². The van der Waals surface area contributed by atoms with Crippen LogP contribution in [0.25, 0.3) is 0 Å². The van der Waals surface area contributed by atoms with Crippen LogP contribution in [-0.4, -0.2) is 30.9 Å². The Labute approximate surface area is 84.0 Å². The van der Waals surface area contributed by atoms with Crippen LogP contribution in [-0.2, 0) is 14.3 Å². The predicted molar refractivity (Wildman–Crippen MR) is 51.9 cm³/mol. The van der Waals surface area contributed by atoms with Crippen LogP contribution in [0.2, 0.25) is 0 Å². The first-order valence-electron chi connectivity index (χ1n) is 5.17. The normalized spacial score (nSPS) is 21.6. The van der Waals surface area contributed by atoms with Crippen molar-refractivity contribution in [2.24, 2.45) is 0 Å². The highest BCUT2D eigenvalue weighted by molar-refractivity contribution is 6.33. The fourth-order valence-electron chi connectivity index (χ4n) is 1.62. The topological polar surface area (TPSA) is 55.4 Å². The van der Waals surface area contributed by atoms with Crippen LogP contribution in [0.5, 0.6) is 0 Å². The Hall–Kier alpha value is -0.900. The van der Waals surface area contributed by atoms with Gasteiger partial charge in [0.05, 0.1) is 6.61 Å². The van der Waals surface area contributed by atoms with Crippen LogP contribution in [0.15, 0.2) is 0 Å². The Morgan fingerprint density at radius 3 is 2.79 bits per heavy atom. The van der Waals surface area contributed by atoms with Crippen molar-refractivity contribution in [3.8, 4) is 0 Å². The number of Topliss-reactive ketones (excluding diaryl/α,β-unsaturated/α-hetero) is 1. The summed E-state index contributed by atoms with van der Waals surface area (Å²) in [5.74, 6) is -1.11. The number of piperidine rings is 1. The molecule has 1 aliphatic heterocycles. The van der Waals surface area contributed by atoms with Crippen molar-refractivity contribution in [1.82, 2.24) is 5.32 Å². The third kappa shape index (κ3) is 3.46. The van der Waals surface area contributed by atoms with Gasteiger partial charge in [-0.1, -0.05) is 6.42 Å². The number of rotatable bonds is 4. The standard InChI is InChI=1S/C10H17NO3/c1-2-14-10(13)9(12)7-8-5-3-4-6-11-8/h8,11H,2-7H2,1H3. The molecule has 1 fully saturated rings. The number of ether oxygens (including phenoxy) is 1. The Balaban J connectivity index is 2.28. The first-order valence-corrected chi connectivity index (χ1v) is 5.17. The summed E-state index contributed by atoms with van der Waals surface area (Å²) in [5, 5.41) is 3.22. The van der Waals surface area contributed by atoms with E-state index in [2.05, 4.69) is 10.1 Å². The van der Waals surface area contributed by atoms with Crippen molar-refractivity contribution >= 4 is 11.8 Å². The van der Waals surface area contributed by atoms with E-state index in [0.29, 0.717) is 0 Å². The van der Waals surface area contributed by atoms with Crippen molar-refractivity contribution in [2.45, 2.75) is 38.6 Å². The highest BCUT2D eigenvalue weighted by Gasteiger charge is 2.21. The van der Waals surface area contributed by atoms with E-state index in [9.17, 15) is 9.59 Å². The smallest absolute Gasteiger partial charge is 0.374 e. The molecule has 1 unspecified atom stereocenters. The van der Waals surface area contributed by atoms with Gasteiger partial charge in [0.25, 0.3) is 0 Å². The van der Waals surface area contributed by atoms with Gasteiger partial charge in [-0.2, -0.15) is 0 Å². The van der Waals surface area contributed by atoms with E-state index in [1.165, 1.54) is 0 Å². The van der Waals surface area contributed by atoms with E-state index in [0.717, 1.165) is 25.8 Å². The van der Waals surface area contributed by atoms with Crippen LogP contribution in [0.3, 0.4) is 0 Å². The van der Waals surface area contributed by atoms with Crippen LogP contribution < -0.4 is 5.32 Å². The number of hydrogen-bond acceptors (Lipinski definition) is 4. The summed E-state index contributed by atoms with van der Waals surface area (Å²) in [6, 6.07) is 0.167. The SMILES string of the molecule is CCOC(=O)C(=O)CC1CCCCN1. The van der Waals surface area contributed by atoms with Gasteiger partial charge in [0, 0.05) is 12.5 Å². The maximum atomic E-state index is 11.3. The van der Waals surface area contributed by atoms with Crippen LogP contribution >= 0.6 is 0 Å². The van der Waals surface area contributed by atoms with E-state index in [-0.39, 0.29) is 19.1 Å². The molecule has 0 spiro atoms. The summed E-state index contributed by atoms with van der Waals surface area (Å²) >= 11 is 0. The molecular formula is C10H17NO3. The molecular weight excluding hydrogens is 182 g/mol. The second kappa shape index (κ2) is 5.75. The average molecular weight is 199 g/mol. The molecule has 1 saturated heterocycles. The lowest BCUT2D eigenvalue weighted by molar-refractivity contribution is -0.153. The first-order chi connectivity index (χ1) is 6.74. The Kier molecular flexibility index (Phi) is 4.59. The minimum Gasteiger partial charge on any atom is -0.460 e. The molecule has 80 valence electrons. The lowest BCUT2D eigenvalue weighted by atomic mass is 10.0. The zero-order valence-corrected chi connectivity index (χ0v) is 8.54. The van der Waals surface area contributed by atoms with Crippen molar-refractivity contribution in [2.75, 3.05) is 13.2 Å². The highest BCUT2D eigenvalue weighted by Crippen LogP contribution is 2.10. The molecule has 0 aromatic heterocycles. The quantitative estimate of drug-likeness (QED) is 0.533. The summed E-state index contributed by atoms with van der Waals surface area (Å²) in [5.41, 5.74) is 0. The molecule has 4 heteroatoms. The molecule has 4 nitrogen and oxygen atoms in total. The van der Waals surface area contributed by atoms with E-state index >= 15 is 0 Å². The maximum absolute atomic E-state index is 11.3. The Morgan fingerprint density at radius 2 is 2.21 bits per heavy atom. The van der Waals surface area contributed by atoms with Crippen molar-refractivity contribution in [1.29, 1.82) is 0 Å². The van der Waals surface area contributed by atoms with Gasteiger partial charge in [0.2, 0.25) is 5.78 Å². The van der Waals surface area contributed by atoms with E-state index < -0.39 is 11.8 Å². The number of carbonyl (C=O) groups excluding carboxylic acids is 2. The molecule has 0 aromatic rings. The minimum absolute atomic E-state index is 0.167. The minimum atomic E-state index is -0.695. The van der Waals surface area contributed by atoms with Gasteiger partial charge in [-0.05, 0) is 26.3 Å². The van der Waals surface area contributed by atoms with Crippen LogP contribution in [0.4, 0.5) is 0 Å². The average Bonchev–Trinajstić information content (AvgIpc) is 2.19.